The van der Waals surface area contributed by atoms with Gasteiger partial charge in [0, 0.05) is 18.7 Å². The number of rotatable bonds is 8. The van der Waals surface area contributed by atoms with E-state index in [1.54, 1.807) is 18.3 Å². The van der Waals surface area contributed by atoms with Crippen molar-refractivity contribution in [2.75, 3.05) is 0 Å². The van der Waals surface area contributed by atoms with Crippen molar-refractivity contribution in [3.8, 4) is 0 Å². The Hall–Kier alpha value is -2.69. The summed E-state index contributed by atoms with van der Waals surface area (Å²) in [7, 11) is 0. The summed E-state index contributed by atoms with van der Waals surface area (Å²) in [5, 5.41) is 3.05. The zero-order valence-electron chi connectivity index (χ0n) is 18.9. The first-order valence-electron chi connectivity index (χ1n) is 10.6. The molecule has 0 spiro atoms. The molecular formula is C25H34N2O3. The fraction of sp³-hybridized carbons (Fsp3) is 0.480. The molecule has 1 aromatic carbocycles. The summed E-state index contributed by atoms with van der Waals surface area (Å²) in [6.07, 6.45) is 2.39. The molecule has 2 rings (SSSR count). The topological polar surface area (TPSA) is 68.2 Å². The number of ketones is 1. The van der Waals surface area contributed by atoms with Crippen molar-refractivity contribution in [3.05, 3.63) is 70.1 Å². The Balaban J connectivity index is 2.39. The molecule has 0 aliphatic rings. The van der Waals surface area contributed by atoms with Gasteiger partial charge in [-0.1, -0.05) is 65.0 Å². The van der Waals surface area contributed by atoms with E-state index in [1.807, 2.05) is 26.0 Å². The van der Waals surface area contributed by atoms with E-state index in [9.17, 15) is 14.4 Å². The zero-order valence-corrected chi connectivity index (χ0v) is 18.9. The largest absolute Gasteiger partial charge is 0.347 e. The lowest BCUT2D eigenvalue weighted by atomic mass is 9.85. The summed E-state index contributed by atoms with van der Waals surface area (Å²) in [5.41, 5.74) is 1.78. The summed E-state index contributed by atoms with van der Waals surface area (Å²) in [6, 6.07) is 11.8. The van der Waals surface area contributed by atoms with Gasteiger partial charge in [-0.2, -0.15) is 0 Å². The smallest absolute Gasteiger partial charge is 0.251 e. The highest BCUT2D eigenvalue weighted by Crippen LogP contribution is 2.27. The highest BCUT2D eigenvalue weighted by atomic mass is 16.2. The maximum absolute atomic E-state index is 13.3. The summed E-state index contributed by atoms with van der Waals surface area (Å²) in [6.45, 7) is 12.0. The second-order valence-electron chi connectivity index (χ2n) is 9.43. The van der Waals surface area contributed by atoms with Gasteiger partial charge in [0.25, 0.3) is 5.56 Å². The van der Waals surface area contributed by atoms with Gasteiger partial charge < -0.3 is 9.88 Å². The molecule has 2 atom stereocenters. The average molecular weight is 411 g/mol. The second-order valence-corrected chi connectivity index (χ2v) is 9.43. The van der Waals surface area contributed by atoms with Crippen LogP contribution < -0.4 is 10.9 Å². The molecule has 0 saturated carbocycles. The Morgan fingerprint density at radius 3 is 2.33 bits per heavy atom. The van der Waals surface area contributed by atoms with E-state index in [0.717, 1.165) is 11.1 Å². The van der Waals surface area contributed by atoms with E-state index in [4.69, 9.17) is 0 Å². The quantitative estimate of drug-likeness (QED) is 0.693. The average Bonchev–Trinajstić information content (AvgIpc) is 2.65. The molecule has 0 aliphatic carbocycles. The fourth-order valence-electron chi connectivity index (χ4n) is 3.52. The molecule has 0 fully saturated rings. The Labute approximate surface area is 179 Å². The number of nitrogens with one attached hydrogen (secondary N) is 1. The van der Waals surface area contributed by atoms with Gasteiger partial charge in [-0.3, -0.25) is 14.4 Å². The number of nitrogens with zero attached hydrogens (tertiary/aromatic N) is 1. The highest BCUT2D eigenvalue weighted by molar-refractivity contribution is 5.82. The van der Waals surface area contributed by atoms with Gasteiger partial charge in [-0.15, -0.1) is 0 Å². The van der Waals surface area contributed by atoms with Crippen LogP contribution in [-0.2, 0) is 15.0 Å². The van der Waals surface area contributed by atoms with Crippen molar-refractivity contribution >= 4 is 11.7 Å². The number of hydrogen-bond donors (Lipinski definition) is 1. The van der Waals surface area contributed by atoms with Gasteiger partial charge in [-0.05, 0) is 41.9 Å². The standard InChI is InChI=1S/C25H34N2O3/c1-17(2)14-22(27-13-8-7-12-23(27)29)24(30)26-21(15-18(3)28)19-10-9-11-20(16-19)25(4,5)6/h7-13,16-17,21-22H,14-15H2,1-6H3,(H,26,30)/t21-,22?/m1/s1. The van der Waals surface area contributed by atoms with Crippen LogP contribution in [-0.4, -0.2) is 16.3 Å². The lowest BCUT2D eigenvalue weighted by molar-refractivity contribution is -0.126. The molecule has 1 heterocycles. The minimum atomic E-state index is -0.626. The van der Waals surface area contributed by atoms with E-state index >= 15 is 0 Å². The number of Topliss-reactive ketones (excluding diaryl/α,β-unsaturated/α-hetero) is 1. The Bertz CT molecular complexity index is 938. The van der Waals surface area contributed by atoms with Crippen LogP contribution in [0.1, 0.15) is 77.6 Å². The number of hydrogen-bond acceptors (Lipinski definition) is 3. The molecule has 0 radical (unpaired) electrons. The van der Waals surface area contributed by atoms with Gasteiger partial charge in [0.05, 0.1) is 6.04 Å². The first-order valence-corrected chi connectivity index (χ1v) is 10.6. The van der Waals surface area contributed by atoms with E-state index in [-0.39, 0.29) is 35.0 Å². The molecule has 0 saturated heterocycles. The maximum atomic E-state index is 13.3. The van der Waals surface area contributed by atoms with E-state index < -0.39 is 12.1 Å². The number of aromatic nitrogens is 1. The third kappa shape index (κ3) is 6.41. The monoisotopic (exact) mass is 410 g/mol. The molecule has 5 heteroatoms. The second kappa shape index (κ2) is 9.88. The van der Waals surface area contributed by atoms with Crippen molar-refractivity contribution in [3.63, 3.8) is 0 Å². The molecule has 0 aliphatic heterocycles. The molecule has 162 valence electrons. The first-order chi connectivity index (χ1) is 14.0. The summed E-state index contributed by atoms with van der Waals surface area (Å²) in [4.78, 5) is 37.6. The number of amides is 1. The van der Waals surface area contributed by atoms with Crippen LogP contribution in [0.5, 0.6) is 0 Å². The summed E-state index contributed by atoms with van der Waals surface area (Å²) >= 11 is 0. The Kier molecular flexibility index (Phi) is 7.77. The minimum absolute atomic E-state index is 0.00116. The Morgan fingerprint density at radius 2 is 1.77 bits per heavy atom. The maximum Gasteiger partial charge on any atom is 0.251 e. The van der Waals surface area contributed by atoms with E-state index in [2.05, 4.69) is 38.2 Å². The molecule has 1 aromatic heterocycles. The lowest BCUT2D eigenvalue weighted by Crippen LogP contribution is -2.39. The Morgan fingerprint density at radius 1 is 1.07 bits per heavy atom. The van der Waals surface area contributed by atoms with Crippen LogP contribution in [0.2, 0.25) is 0 Å². The van der Waals surface area contributed by atoms with Crippen LogP contribution in [0.3, 0.4) is 0 Å². The minimum Gasteiger partial charge on any atom is -0.347 e. The van der Waals surface area contributed by atoms with Gasteiger partial charge in [0.2, 0.25) is 5.91 Å². The van der Waals surface area contributed by atoms with Crippen LogP contribution in [0.25, 0.3) is 0 Å². The summed E-state index contributed by atoms with van der Waals surface area (Å²) < 4.78 is 1.48. The molecule has 2 aromatic rings. The predicted octanol–water partition coefficient (Wildman–Crippen LogP) is 4.57. The molecule has 1 N–H and O–H groups in total. The number of carbonyl (C=O) groups excluding carboxylic acids is 2. The normalized spacial score (nSPS) is 13.7. The molecular weight excluding hydrogens is 376 g/mol. The van der Waals surface area contributed by atoms with Crippen LogP contribution >= 0.6 is 0 Å². The molecule has 1 unspecified atom stereocenters. The molecule has 5 nitrogen and oxygen atoms in total. The van der Waals surface area contributed by atoms with Crippen molar-refractivity contribution in [2.24, 2.45) is 5.92 Å². The van der Waals surface area contributed by atoms with Crippen molar-refractivity contribution < 1.29 is 9.59 Å². The van der Waals surface area contributed by atoms with Gasteiger partial charge >= 0.3 is 0 Å². The van der Waals surface area contributed by atoms with Crippen molar-refractivity contribution in [1.82, 2.24) is 9.88 Å². The molecule has 30 heavy (non-hydrogen) atoms. The van der Waals surface area contributed by atoms with Crippen molar-refractivity contribution in [2.45, 2.75) is 71.9 Å². The SMILES string of the molecule is CC(=O)C[C@@H](NC(=O)C(CC(C)C)n1ccccc1=O)c1cccc(C(C)(C)C)c1. The van der Waals surface area contributed by atoms with Gasteiger partial charge in [0.1, 0.15) is 11.8 Å². The van der Waals surface area contributed by atoms with E-state index in [0.29, 0.717) is 6.42 Å². The molecule has 0 bridgehead atoms. The number of pyridine rings is 1. The fourth-order valence-corrected chi connectivity index (χ4v) is 3.52. The third-order valence-electron chi connectivity index (χ3n) is 5.15. The predicted molar refractivity (Wildman–Crippen MR) is 121 cm³/mol. The third-order valence-corrected chi connectivity index (χ3v) is 5.15. The van der Waals surface area contributed by atoms with Gasteiger partial charge in [-0.25, -0.2) is 0 Å². The van der Waals surface area contributed by atoms with Crippen LogP contribution in [0.15, 0.2) is 53.5 Å². The van der Waals surface area contributed by atoms with Crippen LogP contribution in [0, 0.1) is 5.92 Å². The van der Waals surface area contributed by atoms with Crippen LogP contribution in [0.4, 0.5) is 0 Å². The molecule has 1 amide bonds. The zero-order chi connectivity index (χ0) is 22.5. The number of carbonyl (C=O) groups is 2. The first kappa shape index (κ1) is 23.6. The van der Waals surface area contributed by atoms with E-state index in [1.165, 1.54) is 17.6 Å². The lowest BCUT2D eigenvalue weighted by Gasteiger charge is -2.26. The van der Waals surface area contributed by atoms with Crippen molar-refractivity contribution in [1.29, 1.82) is 0 Å². The number of benzene rings is 1. The highest BCUT2D eigenvalue weighted by Gasteiger charge is 2.26. The van der Waals surface area contributed by atoms with Gasteiger partial charge in [0.15, 0.2) is 0 Å². The summed E-state index contributed by atoms with van der Waals surface area (Å²) in [5.74, 6) is -0.0218.